The molecule has 0 radical (unpaired) electrons. The fourth-order valence-corrected chi connectivity index (χ4v) is 6.47. The standard InChI is InChI=1S/C33H28F2N6O3/c1-19-5-15-25(16-6-19)40-32(43)29-31(33(40)44)39(38-36-29)18-27(42)41-30(21-9-13-24(35)14-10-21)26-4-2-3-22(28(26)37-41)17-20-7-11-23(34)12-8-20/h5-17,26,29-31H,2-4,18H2,1H3/b22-17-/t26-,29+,30-,31+/m0/s1. The summed E-state index contributed by atoms with van der Waals surface area (Å²) >= 11 is 0. The summed E-state index contributed by atoms with van der Waals surface area (Å²) in [5.74, 6) is -2.29. The van der Waals surface area contributed by atoms with Gasteiger partial charge in [0.25, 0.3) is 17.7 Å². The van der Waals surface area contributed by atoms with Gasteiger partial charge in [-0.2, -0.15) is 10.2 Å². The number of carbonyl (C=O) groups excluding carboxylic acids is 3. The number of hydrogen-bond donors (Lipinski definition) is 0. The molecule has 0 bridgehead atoms. The number of hydrogen-bond acceptors (Lipinski definition) is 7. The first-order valence-corrected chi connectivity index (χ1v) is 14.5. The Balaban J connectivity index is 1.18. The minimum Gasteiger partial charge on any atom is -0.271 e. The number of carbonyl (C=O) groups is 3. The van der Waals surface area contributed by atoms with Crippen molar-refractivity contribution in [2.24, 2.45) is 21.4 Å². The molecule has 222 valence electrons. The third-order valence-corrected chi connectivity index (χ3v) is 8.63. The van der Waals surface area contributed by atoms with Crippen molar-refractivity contribution in [1.82, 2.24) is 10.0 Å². The van der Waals surface area contributed by atoms with E-state index in [-0.39, 0.29) is 18.3 Å². The molecule has 1 aliphatic carbocycles. The van der Waals surface area contributed by atoms with Crippen molar-refractivity contribution in [3.8, 4) is 0 Å². The molecular weight excluding hydrogens is 566 g/mol. The lowest BCUT2D eigenvalue weighted by atomic mass is 9.77. The summed E-state index contributed by atoms with van der Waals surface area (Å²) < 4.78 is 27.4. The number of hydrazone groups is 1. The van der Waals surface area contributed by atoms with Crippen LogP contribution in [0.25, 0.3) is 6.08 Å². The lowest BCUT2D eigenvalue weighted by Crippen LogP contribution is -2.45. The average Bonchev–Trinajstić information content (AvgIpc) is 3.69. The lowest BCUT2D eigenvalue weighted by molar-refractivity contribution is -0.136. The summed E-state index contributed by atoms with van der Waals surface area (Å²) in [7, 11) is 0. The Bertz CT molecular complexity index is 1740. The van der Waals surface area contributed by atoms with Crippen LogP contribution in [-0.4, -0.2) is 52.1 Å². The summed E-state index contributed by atoms with van der Waals surface area (Å²) in [6, 6.07) is 16.6. The number of imide groups is 1. The Hall–Kier alpha value is -5.06. The summed E-state index contributed by atoms with van der Waals surface area (Å²) in [4.78, 5) is 41.7. The van der Waals surface area contributed by atoms with E-state index in [4.69, 9.17) is 5.10 Å². The van der Waals surface area contributed by atoms with Gasteiger partial charge in [0, 0.05) is 5.92 Å². The van der Waals surface area contributed by atoms with Crippen molar-refractivity contribution in [3.63, 3.8) is 0 Å². The number of aryl methyl sites for hydroxylation is 1. The SMILES string of the molecule is Cc1ccc(N2C(=O)[C@@H]3N=NN(CC(=O)N4N=C5/C(=C\c6ccc(F)cc6)CCC[C@@H]5[C@@H]4c4ccc(F)cc4)[C@H]3C2=O)cc1. The van der Waals surface area contributed by atoms with Gasteiger partial charge in [0.2, 0.25) is 0 Å². The summed E-state index contributed by atoms with van der Waals surface area (Å²) in [6.45, 7) is 1.58. The second-order valence-corrected chi connectivity index (χ2v) is 11.5. The lowest BCUT2D eigenvalue weighted by Gasteiger charge is -2.30. The zero-order valence-corrected chi connectivity index (χ0v) is 23.8. The maximum absolute atomic E-state index is 14.0. The molecule has 44 heavy (non-hydrogen) atoms. The quantitative estimate of drug-likeness (QED) is 0.370. The molecule has 3 aromatic carbocycles. The van der Waals surface area contributed by atoms with Gasteiger partial charge in [0.15, 0.2) is 12.1 Å². The molecule has 2 fully saturated rings. The molecule has 4 atom stereocenters. The second-order valence-electron chi connectivity index (χ2n) is 11.5. The first-order valence-electron chi connectivity index (χ1n) is 14.5. The first kappa shape index (κ1) is 27.8. The van der Waals surface area contributed by atoms with Gasteiger partial charge in [-0.05, 0) is 85.4 Å². The molecule has 0 spiro atoms. The smallest absolute Gasteiger partial charge is 0.264 e. The summed E-state index contributed by atoms with van der Waals surface area (Å²) in [6.07, 6.45) is 4.31. The van der Waals surface area contributed by atoms with Crippen molar-refractivity contribution in [1.29, 1.82) is 0 Å². The molecule has 7 rings (SSSR count). The van der Waals surface area contributed by atoms with Gasteiger partial charge < -0.3 is 0 Å². The highest BCUT2D eigenvalue weighted by Gasteiger charge is 2.55. The maximum Gasteiger partial charge on any atom is 0.264 e. The van der Waals surface area contributed by atoms with E-state index in [1.165, 1.54) is 34.3 Å². The van der Waals surface area contributed by atoms with E-state index < -0.39 is 41.7 Å². The molecule has 11 heteroatoms. The van der Waals surface area contributed by atoms with Crippen molar-refractivity contribution < 1.29 is 23.2 Å². The van der Waals surface area contributed by atoms with Crippen LogP contribution < -0.4 is 4.90 Å². The van der Waals surface area contributed by atoms with Gasteiger partial charge in [-0.3, -0.25) is 19.4 Å². The fourth-order valence-electron chi connectivity index (χ4n) is 6.47. The number of allylic oxidation sites excluding steroid dienone is 1. The van der Waals surface area contributed by atoms with Gasteiger partial charge in [0.1, 0.15) is 18.2 Å². The molecule has 3 amide bonds. The average molecular weight is 595 g/mol. The molecular formula is C33H28F2N6O3. The predicted molar refractivity (Wildman–Crippen MR) is 158 cm³/mol. The maximum atomic E-state index is 14.0. The molecule has 4 aliphatic rings. The third kappa shape index (κ3) is 4.78. The van der Waals surface area contributed by atoms with Gasteiger partial charge in [-0.15, -0.1) is 0 Å². The van der Waals surface area contributed by atoms with Crippen LogP contribution in [0, 0.1) is 24.5 Å². The number of amides is 3. The van der Waals surface area contributed by atoms with Crippen molar-refractivity contribution in [2.75, 3.05) is 11.4 Å². The van der Waals surface area contributed by atoms with Crippen LogP contribution in [0.2, 0.25) is 0 Å². The molecule has 3 heterocycles. The van der Waals surface area contributed by atoms with E-state index in [0.717, 1.165) is 52.1 Å². The number of fused-ring (bicyclic) bond motifs is 2. The van der Waals surface area contributed by atoms with E-state index in [0.29, 0.717) is 5.69 Å². The first-order chi connectivity index (χ1) is 21.3. The molecule has 3 aromatic rings. The van der Waals surface area contributed by atoms with Crippen LogP contribution in [0.5, 0.6) is 0 Å². The van der Waals surface area contributed by atoms with Crippen molar-refractivity contribution >= 4 is 35.2 Å². The van der Waals surface area contributed by atoms with Gasteiger partial charge in [-0.1, -0.05) is 47.2 Å². The Morgan fingerprint density at radius 1 is 0.909 bits per heavy atom. The van der Waals surface area contributed by atoms with Crippen molar-refractivity contribution in [3.05, 3.63) is 107 Å². The van der Waals surface area contributed by atoms with E-state index in [9.17, 15) is 23.2 Å². The minimum atomic E-state index is -1.04. The van der Waals surface area contributed by atoms with Gasteiger partial charge >= 0.3 is 0 Å². The number of benzene rings is 3. The predicted octanol–water partition coefficient (Wildman–Crippen LogP) is 5.39. The van der Waals surface area contributed by atoms with E-state index in [1.807, 2.05) is 25.1 Å². The zero-order chi connectivity index (χ0) is 30.5. The topological polar surface area (TPSA) is 98.0 Å². The molecule has 9 nitrogen and oxygen atoms in total. The summed E-state index contributed by atoms with van der Waals surface area (Å²) in [5.41, 5.74) is 4.67. The van der Waals surface area contributed by atoms with Crippen LogP contribution >= 0.6 is 0 Å². The molecule has 0 aromatic heterocycles. The van der Waals surface area contributed by atoms with Crippen LogP contribution in [0.15, 0.2) is 93.8 Å². The van der Waals surface area contributed by atoms with Gasteiger partial charge in [0.05, 0.1) is 17.4 Å². The Morgan fingerprint density at radius 3 is 2.30 bits per heavy atom. The normalized spacial score (nSPS) is 25.1. The van der Waals surface area contributed by atoms with Crippen LogP contribution in [0.4, 0.5) is 14.5 Å². The second kappa shape index (κ2) is 10.9. The molecule has 3 aliphatic heterocycles. The highest BCUT2D eigenvalue weighted by atomic mass is 19.1. The number of halogens is 2. The number of anilines is 1. The molecule has 1 saturated heterocycles. The Morgan fingerprint density at radius 2 is 1.59 bits per heavy atom. The minimum absolute atomic E-state index is 0.149. The van der Waals surface area contributed by atoms with E-state index in [1.54, 1.807) is 36.4 Å². The van der Waals surface area contributed by atoms with Crippen LogP contribution in [0.1, 0.15) is 42.0 Å². The molecule has 1 saturated carbocycles. The van der Waals surface area contributed by atoms with E-state index >= 15 is 0 Å². The Kier molecular flexibility index (Phi) is 6.87. The van der Waals surface area contributed by atoms with E-state index in [2.05, 4.69) is 10.3 Å². The Labute approximate surface area is 252 Å². The fraction of sp³-hybridized carbons (Fsp3) is 0.273. The zero-order valence-electron chi connectivity index (χ0n) is 23.8. The highest BCUT2D eigenvalue weighted by molar-refractivity contribution is 6.25. The highest BCUT2D eigenvalue weighted by Crippen LogP contribution is 2.45. The van der Waals surface area contributed by atoms with Gasteiger partial charge in [-0.25, -0.2) is 18.7 Å². The van der Waals surface area contributed by atoms with Crippen molar-refractivity contribution in [2.45, 2.75) is 44.3 Å². The summed E-state index contributed by atoms with van der Waals surface area (Å²) in [5, 5.41) is 15.6. The molecule has 0 N–H and O–H groups in total. The molecule has 0 unspecified atom stereocenters. The van der Waals surface area contributed by atoms with Crippen LogP contribution in [-0.2, 0) is 14.4 Å². The van der Waals surface area contributed by atoms with Crippen LogP contribution in [0.3, 0.4) is 0 Å². The largest absolute Gasteiger partial charge is 0.271 e. The monoisotopic (exact) mass is 594 g/mol. The number of nitrogens with zero attached hydrogens (tertiary/aromatic N) is 6. The third-order valence-electron chi connectivity index (χ3n) is 8.63. The number of rotatable bonds is 5.